The number of sulfonamides is 1. The van der Waals surface area contributed by atoms with Crippen LogP contribution in [0.15, 0.2) is 47.4 Å². The van der Waals surface area contributed by atoms with Crippen LogP contribution in [0.3, 0.4) is 0 Å². The predicted molar refractivity (Wildman–Crippen MR) is 104 cm³/mol. The first-order chi connectivity index (χ1) is 12.8. The molecule has 1 amide bonds. The molecule has 0 spiro atoms. The number of carbonyl (C=O) groups is 1. The lowest BCUT2D eigenvalue weighted by atomic mass is 10.3. The third-order valence-corrected chi connectivity index (χ3v) is 5.69. The van der Waals surface area contributed by atoms with Crippen LogP contribution in [-0.2, 0) is 14.8 Å². The van der Waals surface area contributed by atoms with Crippen molar-refractivity contribution in [3.63, 3.8) is 0 Å². The molecule has 0 unspecified atom stereocenters. The van der Waals surface area contributed by atoms with Crippen LogP contribution in [0.25, 0.3) is 0 Å². The number of carbonyl (C=O) groups excluding carboxylic acids is 1. The van der Waals surface area contributed by atoms with Crippen LogP contribution in [-0.4, -0.2) is 45.9 Å². The largest absolute Gasteiger partial charge is 0.497 e. The zero-order valence-electron chi connectivity index (χ0n) is 15.2. The maximum Gasteiger partial charge on any atom is 0.247 e. The van der Waals surface area contributed by atoms with Crippen molar-refractivity contribution in [1.82, 2.24) is 4.31 Å². The van der Waals surface area contributed by atoms with E-state index in [4.69, 9.17) is 21.1 Å². The molecule has 0 saturated heterocycles. The third kappa shape index (κ3) is 5.35. The van der Waals surface area contributed by atoms with Crippen LogP contribution in [0.1, 0.15) is 6.92 Å². The SMILES string of the molecule is CCOc1ccc(Cl)cc1S(=O)(=O)N(C)CC(=O)Nc1ccc(OC)cc1. The lowest BCUT2D eigenvalue weighted by Crippen LogP contribution is -2.35. The summed E-state index contributed by atoms with van der Waals surface area (Å²) in [4.78, 5) is 12.1. The summed E-state index contributed by atoms with van der Waals surface area (Å²) >= 11 is 5.94. The molecule has 0 saturated carbocycles. The molecule has 0 aliphatic rings. The van der Waals surface area contributed by atoms with Crippen molar-refractivity contribution >= 4 is 33.2 Å². The normalized spacial score (nSPS) is 11.3. The van der Waals surface area contributed by atoms with E-state index in [1.165, 1.54) is 19.2 Å². The van der Waals surface area contributed by atoms with E-state index in [1.807, 2.05) is 0 Å². The Balaban J connectivity index is 2.14. The maximum atomic E-state index is 12.8. The van der Waals surface area contributed by atoms with Crippen molar-refractivity contribution in [1.29, 1.82) is 0 Å². The minimum Gasteiger partial charge on any atom is -0.497 e. The quantitative estimate of drug-likeness (QED) is 0.720. The standard InChI is InChI=1S/C18H21ClN2O5S/c1-4-26-16-10-5-13(19)11-17(16)27(23,24)21(2)12-18(22)20-14-6-8-15(25-3)9-7-14/h5-11H,4,12H2,1-3H3,(H,20,22). The number of rotatable bonds is 8. The van der Waals surface area contributed by atoms with Gasteiger partial charge in [-0.1, -0.05) is 11.6 Å². The van der Waals surface area contributed by atoms with Gasteiger partial charge in [0.2, 0.25) is 15.9 Å². The van der Waals surface area contributed by atoms with Gasteiger partial charge < -0.3 is 14.8 Å². The number of nitrogens with zero attached hydrogens (tertiary/aromatic N) is 1. The highest BCUT2D eigenvalue weighted by Gasteiger charge is 2.27. The van der Waals surface area contributed by atoms with Crippen molar-refractivity contribution in [2.45, 2.75) is 11.8 Å². The predicted octanol–water partition coefficient (Wildman–Crippen LogP) is 3.01. The van der Waals surface area contributed by atoms with Crippen molar-refractivity contribution < 1.29 is 22.7 Å². The van der Waals surface area contributed by atoms with Gasteiger partial charge in [0, 0.05) is 17.8 Å². The molecule has 2 aromatic rings. The lowest BCUT2D eigenvalue weighted by molar-refractivity contribution is -0.116. The van der Waals surface area contributed by atoms with Gasteiger partial charge in [-0.15, -0.1) is 0 Å². The summed E-state index contributed by atoms with van der Waals surface area (Å²) in [5, 5.41) is 2.90. The van der Waals surface area contributed by atoms with Crippen molar-refractivity contribution in [3.8, 4) is 11.5 Å². The number of amides is 1. The van der Waals surface area contributed by atoms with E-state index in [-0.39, 0.29) is 22.2 Å². The molecule has 2 aromatic carbocycles. The highest BCUT2D eigenvalue weighted by Crippen LogP contribution is 2.29. The van der Waals surface area contributed by atoms with E-state index < -0.39 is 15.9 Å². The number of hydrogen-bond acceptors (Lipinski definition) is 5. The van der Waals surface area contributed by atoms with Crippen LogP contribution in [0, 0.1) is 0 Å². The fourth-order valence-corrected chi connectivity index (χ4v) is 3.81. The average Bonchev–Trinajstić information content (AvgIpc) is 2.63. The molecule has 27 heavy (non-hydrogen) atoms. The van der Waals surface area contributed by atoms with E-state index in [2.05, 4.69) is 5.32 Å². The Bertz CT molecular complexity index is 900. The van der Waals surface area contributed by atoms with Gasteiger partial charge in [-0.05, 0) is 49.4 Å². The number of methoxy groups -OCH3 is 1. The number of nitrogens with one attached hydrogen (secondary N) is 1. The van der Waals surface area contributed by atoms with Gasteiger partial charge in [0.05, 0.1) is 20.3 Å². The Labute approximate surface area is 163 Å². The monoisotopic (exact) mass is 412 g/mol. The first kappa shape index (κ1) is 21.0. The Morgan fingerprint density at radius 2 is 1.85 bits per heavy atom. The Morgan fingerprint density at radius 1 is 1.19 bits per heavy atom. The summed E-state index contributed by atoms with van der Waals surface area (Å²) in [5.41, 5.74) is 0.532. The molecule has 0 bridgehead atoms. The number of likely N-dealkylation sites (N-methyl/N-ethyl adjacent to an activating group) is 1. The lowest BCUT2D eigenvalue weighted by Gasteiger charge is -2.19. The fourth-order valence-electron chi connectivity index (χ4n) is 2.29. The molecule has 0 aliphatic heterocycles. The molecule has 0 atom stereocenters. The van der Waals surface area contributed by atoms with Crippen LogP contribution >= 0.6 is 11.6 Å². The first-order valence-electron chi connectivity index (χ1n) is 8.10. The highest BCUT2D eigenvalue weighted by molar-refractivity contribution is 7.89. The summed E-state index contributed by atoms with van der Waals surface area (Å²) in [6.07, 6.45) is 0. The van der Waals surface area contributed by atoms with Crippen LogP contribution in [0.4, 0.5) is 5.69 Å². The van der Waals surface area contributed by atoms with Gasteiger partial charge >= 0.3 is 0 Å². The molecule has 0 radical (unpaired) electrons. The molecule has 146 valence electrons. The zero-order valence-corrected chi connectivity index (χ0v) is 16.8. The van der Waals surface area contributed by atoms with Gasteiger partial charge in [0.15, 0.2) is 0 Å². The topological polar surface area (TPSA) is 84.9 Å². The molecular formula is C18H21ClN2O5S. The van der Waals surface area contributed by atoms with Gasteiger partial charge in [-0.25, -0.2) is 8.42 Å². The third-order valence-electron chi connectivity index (χ3n) is 3.63. The summed E-state index contributed by atoms with van der Waals surface area (Å²) in [7, 11) is -1.11. The highest BCUT2D eigenvalue weighted by atomic mass is 35.5. The van der Waals surface area contributed by atoms with Gasteiger partial charge in [-0.3, -0.25) is 4.79 Å². The number of hydrogen-bond donors (Lipinski definition) is 1. The summed E-state index contributed by atoms with van der Waals surface area (Å²) in [6, 6.07) is 11.0. The minimum atomic E-state index is -3.97. The Morgan fingerprint density at radius 3 is 2.44 bits per heavy atom. The maximum absolute atomic E-state index is 12.8. The van der Waals surface area contributed by atoms with E-state index in [1.54, 1.807) is 44.4 Å². The number of benzene rings is 2. The molecule has 2 rings (SSSR count). The molecule has 9 heteroatoms. The number of anilines is 1. The second-order valence-electron chi connectivity index (χ2n) is 5.56. The van der Waals surface area contributed by atoms with E-state index in [0.29, 0.717) is 18.0 Å². The first-order valence-corrected chi connectivity index (χ1v) is 9.92. The van der Waals surface area contributed by atoms with E-state index in [0.717, 1.165) is 4.31 Å². The molecule has 0 aromatic heterocycles. The average molecular weight is 413 g/mol. The molecule has 0 aliphatic carbocycles. The van der Waals surface area contributed by atoms with Crippen molar-refractivity contribution in [2.24, 2.45) is 0 Å². The van der Waals surface area contributed by atoms with Crippen LogP contribution in [0.5, 0.6) is 11.5 Å². The zero-order chi connectivity index (χ0) is 20.0. The molecule has 0 fully saturated rings. The van der Waals surface area contributed by atoms with Crippen LogP contribution < -0.4 is 14.8 Å². The smallest absolute Gasteiger partial charge is 0.247 e. The Kier molecular flexibility index (Phi) is 7.06. The van der Waals surface area contributed by atoms with E-state index >= 15 is 0 Å². The van der Waals surface area contributed by atoms with Gasteiger partial charge in [0.25, 0.3) is 0 Å². The summed E-state index contributed by atoms with van der Waals surface area (Å²) in [6.45, 7) is 1.68. The van der Waals surface area contributed by atoms with Crippen molar-refractivity contribution in [2.75, 3.05) is 32.6 Å². The van der Waals surface area contributed by atoms with Gasteiger partial charge in [-0.2, -0.15) is 4.31 Å². The second kappa shape index (κ2) is 9.07. The van der Waals surface area contributed by atoms with Crippen molar-refractivity contribution in [3.05, 3.63) is 47.5 Å². The Hall–Kier alpha value is -2.29. The second-order valence-corrected chi connectivity index (χ2v) is 8.01. The van der Waals surface area contributed by atoms with Crippen LogP contribution in [0.2, 0.25) is 5.02 Å². The van der Waals surface area contributed by atoms with Gasteiger partial charge in [0.1, 0.15) is 16.4 Å². The summed E-state index contributed by atoms with van der Waals surface area (Å²) in [5.74, 6) is 0.354. The fraction of sp³-hybridized carbons (Fsp3) is 0.278. The molecule has 0 heterocycles. The van der Waals surface area contributed by atoms with E-state index in [9.17, 15) is 13.2 Å². The minimum absolute atomic E-state index is 0.0865. The number of ether oxygens (including phenoxy) is 2. The molecule has 1 N–H and O–H groups in total. The number of halogens is 1. The molecule has 7 nitrogen and oxygen atoms in total. The summed E-state index contributed by atoms with van der Waals surface area (Å²) < 4.78 is 37.1. The molecular weight excluding hydrogens is 392 g/mol.